The first kappa shape index (κ1) is 15.8. The SMILES string of the molecule is COc1ccc(C(CN)C(O)c2cccc(Cl)c2F)cc1. The van der Waals surface area contributed by atoms with E-state index >= 15 is 0 Å². The van der Waals surface area contributed by atoms with Gasteiger partial charge in [0.1, 0.15) is 11.6 Å². The molecule has 0 aliphatic rings. The van der Waals surface area contributed by atoms with Crippen molar-refractivity contribution < 1.29 is 14.2 Å². The molecular weight excluding hydrogens is 293 g/mol. The van der Waals surface area contributed by atoms with Crippen LogP contribution in [-0.4, -0.2) is 18.8 Å². The summed E-state index contributed by atoms with van der Waals surface area (Å²) in [6.07, 6.45) is -1.07. The van der Waals surface area contributed by atoms with E-state index in [1.165, 1.54) is 12.1 Å². The van der Waals surface area contributed by atoms with Crippen LogP contribution >= 0.6 is 11.6 Å². The van der Waals surface area contributed by atoms with Crippen molar-refractivity contribution in [3.8, 4) is 5.75 Å². The molecule has 3 nitrogen and oxygen atoms in total. The van der Waals surface area contributed by atoms with E-state index in [0.29, 0.717) is 5.75 Å². The van der Waals surface area contributed by atoms with Crippen molar-refractivity contribution in [2.45, 2.75) is 12.0 Å². The van der Waals surface area contributed by atoms with Crippen molar-refractivity contribution in [2.24, 2.45) is 5.73 Å². The predicted octanol–water partition coefficient (Wildman–Crippen LogP) is 3.26. The van der Waals surface area contributed by atoms with Crippen LogP contribution < -0.4 is 10.5 Å². The lowest BCUT2D eigenvalue weighted by atomic mass is 9.89. The third-order valence-electron chi connectivity index (χ3n) is 3.48. The van der Waals surface area contributed by atoms with Gasteiger partial charge >= 0.3 is 0 Å². The molecule has 0 aliphatic carbocycles. The molecular formula is C16H17ClFNO2. The molecule has 3 N–H and O–H groups in total. The number of aliphatic hydroxyl groups is 1. The molecule has 2 aromatic carbocycles. The lowest BCUT2D eigenvalue weighted by Gasteiger charge is -2.23. The molecule has 0 fully saturated rings. The molecule has 112 valence electrons. The van der Waals surface area contributed by atoms with Crippen LogP contribution in [0.3, 0.4) is 0 Å². The van der Waals surface area contributed by atoms with E-state index in [9.17, 15) is 9.50 Å². The Morgan fingerprint density at radius 3 is 2.48 bits per heavy atom. The van der Waals surface area contributed by atoms with Crippen LogP contribution in [0.15, 0.2) is 42.5 Å². The van der Waals surface area contributed by atoms with E-state index in [1.807, 2.05) is 12.1 Å². The normalized spacial score (nSPS) is 13.8. The summed E-state index contributed by atoms with van der Waals surface area (Å²) in [4.78, 5) is 0. The minimum Gasteiger partial charge on any atom is -0.497 e. The minimum atomic E-state index is -1.07. The van der Waals surface area contributed by atoms with Gasteiger partial charge in [0.25, 0.3) is 0 Å². The van der Waals surface area contributed by atoms with Gasteiger partial charge in [-0.1, -0.05) is 35.9 Å². The zero-order valence-corrected chi connectivity index (χ0v) is 12.3. The molecule has 0 bridgehead atoms. The number of benzene rings is 2. The average Bonchev–Trinajstić information content (AvgIpc) is 2.51. The summed E-state index contributed by atoms with van der Waals surface area (Å²) in [7, 11) is 1.58. The number of methoxy groups -OCH3 is 1. The van der Waals surface area contributed by atoms with Crippen LogP contribution in [0.4, 0.5) is 4.39 Å². The predicted molar refractivity (Wildman–Crippen MR) is 81.2 cm³/mol. The minimum absolute atomic E-state index is 0.0166. The highest BCUT2D eigenvalue weighted by atomic mass is 35.5. The molecule has 0 spiro atoms. The molecule has 0 heterocycles. The first-order chi connectivity index (χ1) is 10.1. The largest absolute Gasteiger partial charge is 0.497 e. The van der Waals surface area contributed by atoms with E-state index in [2.05, 4.69) is 0 Å². The van der Waals surface area contributed by atoms with Gasteiger partial charge in [-0.3, -0.25) is 0 Å². The summed E-state index contributed by atoms with van der Waals surface area (Å²) >= 11 is 5.76. The maximum absolute atomic E-state index is 14.0. The highest BCUT2D eigenvalue weighted by Gasteiger charge is 2.25. The van der Waals surface area contributed by atoms with Crippen LogP contribution in [-0.2, 0) is 0 Å². The monoisotopic (exact) mass is 309 g/mol. The van der Waals surface area contributed by atoms with Crippen molar-refractivity contribution >= 4 is 11.6 Å². The van der Waals surface area contributed by atoms with Gasteiger partial charge in [-0.2, -0.15) is 0 Å². The standard InChI is InChI=1S/C16H17ClFNO2/c1-21-11-7-5-10(6-8-11)13(9-19)16(20)12-3-2-4-14(17)15(12)18/h2-8,13,16,20H,9,19H2,1H3. The fraction of sp³-hybridized carbons (Fsp3) is 0.250. The molecule has 0 saturated carbocycles. The van der Waals surface area contributed by atoms with Crippen molar-refractivity contribution in [2.75, 3.05) is 13.7 Å². The number of hydrogen-bond acceptors (Lipinski definition) is 3. The van der Waals surface area contributed by atoms with Crippen molar-refractivity contribution in [1.82, 2.24) is 0 Å². The Kier molecular flexibility index (Phi) is 5.17. The summed E-state index contributed by atoms with van der Waals surface area (Å²) in [5.41, 5.74) is 6.71. The fourth-order valence-corrected chi connectivity index (χ4v) is 2.45. The van der Waals surface area contributed by atoms with Crippen LogP contribution in [0.2, 0.25) is 5.02 Å². The Balaban J connectivity index is 2.33. The molecule has 0 aliphatic heterocycles. The Bertz CT molecular complexity index is 604. The quantitative estimate of drug-likeness (QED) is 0.891. The lowest BCUT2D eigenvalue weighted by molar-refractivity contribution is 0.143. The van der Waals surface area contributed by atoms with Crippen LogP contribution in [0.5, 0.6) is 5.75 Å². The second-order valence-corrected chi connectivity index (χ2v) is 5.11. The molecule has 2 atom stereocenters. The second-order valence-electron chi connectivity index (χ2n) is 4.70. The lowest BCUT2D eigenvalue weighted by Crippen LogP contribution is -2.21. The number of halogens is 2. The Morgan fingerprint density at radius 1 is 1.24 bits per heavy atom. The maximum Gasteiger partial charge on any atom is 0.147 e. The van der Waals surface area contributed by atoms with Crippen LogP contribution in [0.25, 0.3) is 0 Å². The third-order valence-corrected chi connectivity index (χ3v) is 3.77. The zero-order valence-electron chi connectivity index (χ0n) is 11.6. The summed E-state index contributed by atoms with van der Waals surface area (Å²) in [6.45, 7) is 0.180. The maximum atomic E-state index is 14.0. The molecule has 0 aromatic heterocycles. The first-order valence-electron chi connectivity index (χ1n) is 6.54. The summed E-state index contributed by atoms with van der Waals surface area (Å²) in [5.74, 6) is -0.333. The number of ether oxygens (including phenoxy) is 1. The fourth-order valence-electron chi connectivity index (χ4n) is 2.26. The van der Waals surface area contributed by atoms with Gasteiger partial charge in [0.15, 0.2) is 0 Å². The van der Waals surface area contributed by atoms with Gasteiger partial charge in [0, 0.05) is 18.0 Å². The van der Waals surface area contributed by atoms with E-state index in [0.717, 1.165) is 5.56 Å². The summed E-state index contributed by atoms with van der Waals surface area (Å²) < 4.78 is 19.1. The highest BCUT2D eigenvalue weighted by Crippen LogP contribution is 2.34. The summed E-state index contributed by atoms with van der Waals surface area (Å²) in [5, 5.41) is 10.4. The topological polar surface area (TPSA) is 55.5 Å². The average molecular weight is 310 g/mol. The smallest absolute Gasteiger partial charge is 0.147 e. The molecule has 2 aromatic rings. The van der Waals surface area contributed by atoms with Gasteiger partial charge in [0.05, 0.1) is 18.2 Å². The van der Waals surface area contributed by atoms with Gasteiger partial charge in [-0.15, -0.1) is 0 Å². The van der Waals surface area contributed by atoms with Crippen molar-refractivity contribution in [3.63, 3.8) is 0 Å². The molecule has 21 heavy (non-hydrogen) atoms. The molecule has 0 saturated heterocycles. The van der Waals surface area contributed by atoms with E-state index in [4.69, 9.17) is 22.1 Å². The number of hydrogen-bond donors (Lipinski definition) is 2. The Hall–Kier alpha value is -1.62. The van der Waals surface area contributed by atoms with E-state index < -0.39 is 17.8 Å². The van der Waals surface area contributed by atoms with Crippen molar-refractivity contribution in [1.29, 1.82) is 0 Å². The van der Waals surface area contributed by atoms with Gasteiger partial charge in [-0.05, 0) is 23.8 Å². The first-order valence-corrected chi connectivity index (χ1v) is 6.92. The van der Waals surface area contributed by atoms with Gasteiger partial charge in [0.2, 0.25) is 0 Å². The van der Waals surface area contributed by atoms with Crippen LogP contribution in [0, 0.1) is 5.82 Å². The highest BCUT2D eigenvalue weighted by molar-refractivity contribution is 6.30. The van der Waals surface area contributed by atoms with Crippen molar-refractivity contribution in [3.05, 3.63) is 64.4 Å². The Morgan fingerprint density at radius 2 is 1.90 bits per heavy atom. The Labute approximate surface area is 128 Å². The van der Waals surface area contributed by atoms with Crippen LogP contribution in [0.1, 0.15) is 23.1 Å². The molecule has 5 heteroatoms. The number of rotatable bonds is 5. The van der Waals surface area contributed by atoms with E-state index in [1.54, 1.807) is 25.3 Å². The second kappa shape index (κ2) is 6.89. The number of aliphatic hydroxyl groups excluding tert-OH is 1. The molecule has 0 amide bonds. The molecule has 2 unspecified atom stereocenters. The number of nitrogens with two attached hydrogens (primary N) is 1. The molecule has 0 radical (unpaired) electrons. The van der Waals surface area contributed by atoms with Gasteiger partial charge in [-0.25, -0.2) is 4.39 Å². The van der Waals surface area contributed by atoms with Gasteiger partial charge < -0.3 is 15.6 Å². The summed E-state index contributed by atoms with van der Waals surface area (Å²) in [6, 6.07) is 11.7. The zero-order chi connectivity index (χ0) is 15.4. The van der Waals surface area contributed by atoms with E-state index in [-0.39, 0.29) is 17.1 Å². The third kappa shape index (κ3) is 3.35. The molecule has 2 rings (SSSR count).